The third-order valence-corrected chi connectivity index (χ3v) is 5.17. The zero-order valence-corrected chi connectivity index (χ0v) is 16.0. The fourth-order valence-corrected chi connectivity index (χ4v) is 3.49. The molecule has 2 aromatic heterocycles. The van der Waals surface area contributed by atoms with Crippen LogP contribution in [0.3, 0.4) is 0 Å². The van der Waals surface area contributed by atoms with Gasteiger partial charge in [-0.2, -0.15) is 0 Å². The van der Waals surface area contributed by atoms with E-state index in [2.05, 4.69) is 10.2 Å². The second-order valence-electron chi connectivity index (χ2n) is 5.84. The first-order chi connectivity index (χ1) is 12.5. The number of nitrogens with zero attached hydrogens (tertiary/aromatic N) is 3. The van der Waals surface area contributed by atoms with Gasteiger partial charge in [0.05, 0.1) is 23.7 Å². The molecule has 0 bridgehead atoms. The Morgan fingerprint density at radius 3 is 2.62 bits per heavy atom. The largest absolute Gasteiger partial charge is 0.494 e. The lowest BCUT2D eigenvalue weighted by atomic mass is 10.1. The molecule has 0 saturated carbocycles. The smallest absolute Gasteiger partial charge is 0.191 e. The van der Waals surface area contributed by atoms with Gasteiger partial charge in [-0.3, -0.25) is 4.79 Å². The highest BCUT2D eigenvalue weighted by molar-refractivity contribution is 8.00. The molecule has 26 heavy (non-hydrogen) atoms. The predicted molar refractivity (Wildman–Crippen MR) is 101 cm³/mol. The van der Waals surface area contributed by atoms with Crippen LogP contribution in [0.4, 0.5) is 0 Å². The van der Waals surface area contributed by atoms with Gasteiger partial charge < -0.3 is 13.7 Å². The molecule has 1 aromatic carbocycles. The van der Waals surface area contributed by atoms with Gasteiger partial charge in [-0.1, -0.05) is 11.8 Å². The quantitative estimate of drug-likeness (QED) is 0.459. The molecule has 0 aliphatic heterocycles. The second-order valence-corrected chi connectivity index (χ2v) is 7.15. The summed E-state index contributed by atoms with van der Waals surface area (Å²) in [6, 6.07) is 9.08. The summed E-state index contributed by atoms with van der Waals surface area (Å²) in [5.74, 6) is 2.31. The number of ketones is 1. The van der Waals surface area contributed by atoms with E-state index in [9.17, 15) is 4.79 Å². The van der Waals surface area contributed by atoms with Crippen LogP contribution in [0, 0.1) is 6.92 Å². The molecule has 3 aromatic rings. The summed E-state index contributed by atoms with van der Waals surface area (Å²) in [7, 11) is 1.89. The van der Waals surface area contributed by atoms with Crippen LogP contribution in [0.15, 0.2) is 46.2 Å². The summed E-state index contributed by atoms with van der Waals surface area (Å²) in [4.78, 5) is 12.7. The Balaban J connectivity index is 1.73. The number of ether oxygens (including phenoxy) is 1. The molecule has 0 aliphatic carbocycles. The van der Waals surface area contributed by atoms with Gasteiger partial charge in [0.25, 0.3) is 0 Å². The van der Waals surface area contributed by atoms with Crippen molar-refractivity contribution in [3.05, 3.63) is 47.9 Å². The number of aryl methyl sites for hydroxylation is 1. The zero-order valence-electron chi connectivity index (χ0n) is 15.2. The van der Waals surface area contributed by atoms with Crippen molar-refractivity contribution in [2.75, 3.05) is 6.61 Å². The van der Waals surface area contributed by atoms with E-state index in [1.807, 2.05) is 50.6 Å². The molecule has 0 radical (unpaired) electrons. The third-order valence-electron chi connectivity index (χ3n) is 4.04. The van der Waals surface area contributed by atoms with Gasteiger partial charge in [0, 0.05) is 12.6 Å². The van der Waals surface area contributed by atoms with Crippen molar-refractivity contribution in [2.45, 2.75) is 31.2 Å². The molecule has 0 unspecified atom stereocenters. The van der Waals surface area contributed by atoms with Gasteiger partial charge in [-0.15, -0.1) is 10.2 Å². The topological polar surface area (TPSA) is 70.2 Å². The zero-order chi connectivity index (χ0) is 18.7. The predicted octanol–water partition coefficient (Wildman–Crippen LogP) is 4.15. The molecule has 0 fully saturated rings. The molecule has 1 atom stereocenters. The molecule has 7 heteroatoms. The number of benzene rings is 1. The number of furan rings is 1. The lowest BCUT2D eigenvalue weighted by Gasteiger charge is -2.10. The number of thioether (sulfide) groups is 1. The molecule has 136 valence electrons. The summed E-state index contributed by atoms with van der Waals surface area (Å²) < 4.78 is 12.6. The Kier molecular flexibility index (Phi) is 5.46. The first-order valence-electron chi connectivity index (χ1n) is 8.38. The van der Waals surface area contributed by atoms with Crippen molar-refractivity contribution in [3.63, 3.8) is 0 Å². The normalized spacial score (nSPS) is 12.2. The molecule has 2 heterocycles. The number of rotatable bonds is 7. The van der Waals surface area contributed by atoms with Crippen LogP contribution in [0.5, 0.6) is 5.75 Å². The summed E-state index contributed by atoms with van der Waals surface area (Å²) >= 11 is 1.39. The lowest BCUT2D eigenvalue weighted by molar-refractivity contribution is 0.0994. The highest BCUT2D eigenvalue weighted by atomic mass is 32.2. The van der Waals surface area contributed by atoms with Crippen molar-refractivity contribution in [2.24, 2.45) is 7.05 Å². The maximum absolute atomic E-state index is 12.7. The number of aromatic nitrogens is 3. The molecular weight excluding hydrogens is 350 g/mol. The van der Waals surface area contributed by atoms with Crippen LogP contribution in [-0.4, -0.2) is 32.4 Å². The van der Waals surface area contributed by atoms with Gasteiger partial charge in [0.2, 0.25) is 0 Å². The van der Waals surface area contributed by atoms with Gasteiger partial charge in [0.15, 0.2) is 16.8 Å². The first kappa shape index (κ1) is 18.3. The van der Waals surface area contributed by atoms with Crippen LogP contribution >= 0.6 is 11.8 Å². The highest BCUT2D eigenvalue weighted by Gasteiger charge is 2.21. The standard InChI is InChI=1S/C19H21N3O3S/c1-5-24-15-8-6-14(7-9-15)17(23)13(3)26-19-21-20-18(22(19)4)16-10-11-25-12(16)2/h6-11,13H,5H2,1-4H3/t13-/m0/s1. The number of carbonyl (C=O) groups excluding carboxylic acids is 1. The maximum Gasteiger partial charge on any atom is 0.191 e. The van der Waals surface area contributed by atoms with Crippen molar-refractivity contribution in [1.29, 1.82) is 0 Å². The van der Waals surface area contributed by atoms with E-state index in [0.29, 0.717) is 17.3 Å². The fourth-order valence-electron chi connectivity index (χ4n) is 2.60. The van der Waals surface area contributed by atoms with Crippen molar-refractivity contribution in [3.8, 4) is 17.1 Å². The minimum Gasteiger partial charge on any atom is -0.494 e. The van der Waals surface area contributed by atoms with Crippen LogP contribution in [-0.2, 0) is 7.05 Å². The van der Waals surface area contributed by atoms with E-state index >= 15 is 0 Å². The fraction of sp³-hybridized carbons (Fsp3) is 0.316. The highest BCUT2D eigenvalue weighted by Crippen LogP contribution is 2.29. The Bertz CT molecular complexity index is 899. The summed E-state index contributed by atoms with van der Waals surface area (Å²) in [5.41, 5.74) is 1.55. The number of Topliss-reactive ketones (excluding diaryl/α,β-unsaturated/α-hetero) is 1. The second kappa shape index (κ2) is 7.78. The average molecular weight is 371 g/mol. The van der Waals surface area contributed by atoms with E-state index in [-0.39, 0.29) is 11.0 Å². The van der Waals surface area contributed by atoms with Crippen molar-refractivity contribution in [1.82, 2.24) is 14.8 Å². The minimum atomic E-state index is -0.283. The Morgan fingerprint density at radius 1 is 1.27 bits per heavy atom. The maximum atomic E-state index is 12.7. The van der Waals surface area contributed by atoms with Crippen LogP contribution in [0.1, 0.15) is 30.0 Å². The Morgan fingerprint density at radius 2 is 2.00 bits per heavy atom. The molecule has 3 rings (SSSR count). The van der Waals surface area contributed by atoms with Crippen LogP contribution in [0.25, 0.3) is 11.4 Å². The third kappa shape index (κ3) is 3.67. The summed E-state index contributed by atoms with van der Waals surface area (Å²) in [5, 5.41) is 8.87. The van der Waals surface area contributed by atoms with Crippen molar-refractivity contribution >= 4 is 17.5 Å². The van der Waals surface area contributed by atoms with Gasteiger partial charge in [-0.25, -0.2) is 0 Å². The Labute approximate surface area is 156 Å². The number of carbonyl (C=O) groups is 1. The summed E-state index contributed by atoms with van der Waals surface area (Å²) in [6.45, 7) is 6.29. The van der Waals surface area contributed by atoms with Gasteiger partial charge in [-0.05, 0) is 51.1 Å². The minimum absolute atomic E-state index is 0.0436. The Hall–Kier alpha value is -2.54. The molecule has 0 saturated heterocycles. The molecule has 6 nitrogen and oxygen atoms in total. The van der Waals surface area contributed by atoms with E-state index in [1.165, 1.54) is 11.8 Å². The van der Waals surface area contributed by atoms with Crippen LogP contribution < -0.4 is 4.74 Å². The first-order valence-corrected chi connectivity index (χ1v) is 9.26. The van der Waals surface area contributed by atoms with Crippen LogP contribution in [0.2, 0.25) is 0 Å². The molecule has 0 spiro atoms. The van der Waals surface area contributed by atoms with E-state index < -0.39 is 0 Å². The van der Waals surface area contributed by atoms with Gasteiger partial charge in [0.1, 0.15) is 11.5 Å². The number of hydrogen-bond donors (Lipinski definition) is 0. The number of hydrogen-bond acceptors (Lipinski definition) is 6. The average Bonchev–Trinajstić information content (AvgIpc) is 3.21. The molecule has 0 aliphatic rings. The van der Waals surface area contributed by atoms with Gasteiger partial charge >= 0.3 is 0 Å². The van der Waals surface area contributed by atoms with E-state index in [1.54, 1.807) is 18.4 Å². The lowest BCUT2D eigenvalue weighted by Crippen LogP contribution is -2.14. The van der Waals surface area contributed by atoms with Crippen molar-refractivity contribution < 1.29 is 13.9 Å². The molecule has 0 amide bonds. The van der Waals surface area contributed by atoms with E-state index in [0.717, 1.165) is 22.9 Å². The SMILES string of the molecule is CCOc1ccc(C(=O)[C@H](C)Sc2nnc(-c3ccoc3C)n2C)cc1. The molecular formula is C19H21N3O3S. The molecule has 0 N–H and O–H groups in total. The summed E-state index contributed by atoms with van der Waals surface area (Å²) in [6.07, 6.45) is 1.63. The van der Waals surface area contributed by atoms with E-state index in [4.69, 9.17) is 9.15 Å². The monoisotopic (exact) mass is 371 g/mol.